The fraction of sp³-hybridized carbons (Fsp3) is 0.500. The maximum Gasteiger partial charge on any atom is 0.187 e. The number of aromatic nitrogens is 2. The standard InChI is InChI=1S/C8H10N2S/c1-11-8-9-5-6-3-2-4-7(6)10-8/h5H,2-4H2,1H3. The average molecular weight is 166 g/mol. The molecule has 0 spiro atoms. The SMILES string of the molecule is CSc1ncc2c(n1)CCC2. The maximum atomic E-state index is 4.42. The largest absolute Gasteiger partial charge is 0.231 e. The van der Waals surface area contributed by atoms with Gasteiger partial charge in [0.15, 0.2) is 5.16 Å². The monoisotopic (exact) mass is 166 g/mol. The zero-order chi connectivity index (χ0) is 7.68. The van der Waals surface area contributed by atoms with Gasteiger partial charge in [-0.15, -0.1) is 0 Å². The minimum Gasteiger partial charge on any atom is -0.231 e. The molecule has 0 aromatic carbocycles. The average Bonchev–Trinajstić information content (AvgIpc) is 2.50. The highest BCUT2D eigenvalue weighted by Gasteiger charge is 2.12. The van der Waals surface area contributed by atoms with Crippen molar-refractivity contribution in [2.45, 2.75) is 24.4 Å². The summed E-state index contributed by atoms with van der Waals surface area (Å²) in [4.78, 5) is 8.64. The molecular weight excluding hydrogens is 156 g/mol. The van der Waals surface area contributed by atoms with Crippen LogP contribution in [-0.4, -0.2) is 16.2 Å². The van der Waals surface area contributed by atoms with Gasteiger partial charge in [0.25, 0.3) is 0 Å². The normalized spacial score (nSPS) is 15.0. The van der Waals surface area contributed by atoms with Crippen molar-refractivity contribution >= 4 is 11.8 Å². The van der Waals surface area contributed by atoms with Gasteiger partial charge in [-0.3, -0.25) is 0 Å². The highest BCUT2D eigenvalue weighted by atomic mass is 32.2. The van der Waals surface area contributed by atoms with Crippen LogP contribution in [0.2, 0.25) is 0 Å². The van der Waals surface area contributed by atoms with Crippen molar-refractivity contribution in [3.05, 3.63) is 17.5 Å². The van der Waals surface area contributed by atoms with Gasteiger partial charge in [0.1, 0.15) is 0 Å². The van der Waals surface area contributed by atoms with Gasteiger partial charge >= 0.3 is 0 Å². The zero-order valence-corrected chi connectivity index (χ0v) is 7.32. The van der Waals surface area contributed by atoms with Crippen LogP contribution in [0.15, 0.2) is 11.4 Å². The van der Waals surface area contributed by atoms with Crippen molar-refractivity contribution in [1.82, 2.24) is 9.97 Å². The molecule has 1 aliphatic carbocycles. The van der Waals surface area contributed by atoms with E-state index in [1.54, 1.807) is 11.8 Å². The summed E-state index contributed by atoms with van der Waals surface area (Å²) >= 11 is 1.61. The van der Waals surface area contributed by atoms with Gasteiger partial charge in [0, 0.05) is 11.9 Å². The van der Waals surface area contributed by atoms with Crippen LogP contribution in [0.4, 0.5) is 0 Å². The van der Waals surface area contributed by atoms with Gasteiger partial charge in [-0.2, -0.15) is 0 Å². The molecule has 2 rings (SSSR count). The van der Waals surface area contributed by atoms with E-state index in [4.69, 9.17) is 0 Å². The van der Waals surface area contributed by atoms with Gasteiger partial charge in [0.2, 0.25) is 0 Å². The Labute approximate surface area is 70.4 Å². The van der Waals surface area contributed by atoms with E-state index in [0.717, 1.165) is 11.6 Å². The van der Waals surface area contributed by atoms with E-state index in [1.807, 2.05) is 12.5 Å². The van der Waals surface area contributed by atoms with E-state index in [1.165, 1.54) is 24.1 Å². The van der Waals surface area contributed by atoms with Crippen LogP contribution in [0.3, 0.4) is 0 Å². The molecule has 0 unspecified atom stereocenters. The molecule has 1 aliphatic rings. The van der Waals surface area contributed by atoms with Gasteiger partial charge in [-0.1, -0.05) is 11.8 Å². The second-order valence-electron chi connectivity index (χ2n) is 2.68. The van der Waals surface area contributed by atoms with Gasteiger partial charge in [-0.05, 0) is 31.1 Å². The lowest BCUT2D eigenvalue weighted by Crippen LogP contribution is -1.92. The lowest BCUT2D eigenvalue weighted by atomic mass is 10.3. The molecule has 0 saturated carbocycles. The molecule has 0 atom stereocenters. The molecule has 0 fully saturated rings. The molecule has 0 N–H and O–H groups in total. The predicted molar refractivity (Wildman–Crippen MR) is 45.8 cm³/mol. The third kappa shape index (κ3) is 1.25. The van der Waals surface area contributed by atoms with Gasteiger partial charge in [-0.25, -0.2) is 9.97 Å². The molecule has 3 heteroatoms. The quantitative estimate of drug-likeness (QED) is 0.469. The molecule has 0 aliphatic heterocycles. The smallest absolute Gasteiger partial charge is 0.187 e. The summed E-state index contributed by atoms with van der Waals surface area (Å²) < 4.78 is 0. The van der Waals surface area contributed by atoms with Crippen molar-refractivity contribution in [2.75, 3.05) is 6.26 Å². The number of hydrogen-bond donors (Lipinski definition) is 0. The fourth-order valence-electron chi connectivity index (χ4n) is 1.39. The number of nitrogens with zero attached hydrogens (tertiary/aromatic N) is 2. The summed E-state index contributed by atoms with van der Waals surface area (Å²) in [6, 6.07) is 0. The number of hydrogen-bond acceptors (Lipinski definition) is 3. The zero-order valence-electron chi connectivity index (χ0n) is 6.50. The number of fused-ring (bicyclic) bond motifs is 1. The van der Waals surface area contributed by atoms with Gasteiger partial charge < -0.3 is 0 Å². The third-order valence-electron chi connectivity index (χ3n) is 1.97. The first-order chi connectivity index (χ1) is 5.40. The Hall–Kier alpha value is -0.570. The van der Waals surface area contributed by atoms with Crippen LogP contribution >= 0.6 is 11.8 Å². The summed E-state index contributed by atoms with van der Waals surface area (Å²) in [6.45, 7) is 0. The Morgan fingerprint density at radius 2 is 2.36 bits per heavy atom. The Balaban J connectivity index is 2.41. The predicted octanol–water partition coefficient (Wildman–Crippen LogP) is 1.69. The Kier molecular flexibility index (Phi) is 1.82. The molecule has 11 heavy (non-hydrogen) atoms. The van der Waals surface area contributed by atoms with Crippen molar-refractivity contribution in [2.24, 2.45) is 0 Å². The highest BCUT2D eigenvalue weighted by molar-refractivity contribution is 7.98. The topological polar surface area (TPSA) is 25.8 Å². The molecule has 2 nitrogen and oxygen atoms in total. The van der Waals surface area contributed by atoms with Crippen LogP contribution in [0.5, 0.6) is 0 Å². The Morgan fingerprint density at radius 1 is 1.45 bits per heavy atom. The van der Waals surface area contributed by atoms with Crippen molar-refractivity contribution in [3.63, 3.8) is 0 Å². The number of rotatable bonds is 1. The Morgan fingerprint density at radius 3 is 3.18 bits per heavy atom. The lowest BCUT2D eigenvalue weighted by molar-refractivity contribution is 0.878. The first-order valence-corrected chi connectivity index (χ1v) is 5.01. The third-order valence-corrected chi connectivity index (χ3v) is 2.54. The molecule has 58 valence electrons. The molecule has 0 amide bonds. The molecular formula is C8H10N2S. The van der Waals surface area contributed by atoms with Crippen LogP contribution in [0.1, 0.15) is 17.7 Å². The molecule has 0 saturated heterocycles. The second kappa shape index (κ2) is 2.81. The van der Waals surface area contributed by atoms with E-state index in [2.05, 4.69) is 9.97 Å². The first kappa shape index (κ1) is 7.10. The van der Waals surface area contributed by atoms with E-state index < -0.39 is 0 Å². The van der Waals surface area contributed by atoms with E-state index in [9.17, 15) is 0 Å². The molecule has 1 aromatic heterocycles. The highest BCUT2D eigenvalue weighted by Crippen LogP contribution is 2.20. The Bertz CT molecular complexity index is 273. The van der Waals surface area contributed by atoms with E-state index in [0.29, 0.717) is 0 Å². The fourth-order valence-corrected chi connectivity index (χ4v) is 1.75. The second-order valence-corrected chi connectivity index (χ2v) is 3.46. The summed E-state index contributed by atoms with van der Waals surface area (Å²) in [5, 5.41) is 0.908. The molecule has 0 radical (unpaired) electrons. The minimum absolute atomic E-state index is 0.908. The van der Waals surface area contributed by atoms with E-state index >= 15 is 0 Å². The molecule has 1 aromatic rings. The van der Waals surface area contributed by atoms with Gasteiger partial charge in [0.05, 0.1) is 0 Å². The maximum absolute atomic E-state index is 4.42. The number of aryl methyl sites for hydroxylation is 2. The van der Waals surface area contributed by atoms with Crippen LogP contribution in [0.25, 0.3) is 0 Å². The summed E-state index contributed by atoms with van der Waals surface area (Å²) in [5.41, 5.74) is 2.62. The summed E-state index contributed by atoms with van der Waals surface area (Å²) in [7, 11) is 0. The van der Waals surface area contributed by atoms with Crippen molar-refractivity contribution < 1.29 is 0 Å². The lowest BCUT2D eigenvalue weighted by Gasteiger charge is -1.98. The van der Waals surface area contributed by atoms with Crippen molar-refractivity contribution in [1.29, 1.82) is 0 Å². The molecule has 0 bridgehead atoms. The molecule has 1 heterocycles. The van der Waals surface area contributed by atoms with Crippen molar-refractivity contribution in [3.8, 4) is 0 Å². The van der Waals surface area contributed by atoms with Crippen LogP contribution in [0, 0.1) is 0 Å². The minimum atomic E-state index is 0.908. The summed E-state index contributed by atoms with van der Waals surface area (Å²) in [5.74, 6) is 0. The van der Waals surface area contributed by atoms with Crippen LogP contribution in [-0.2, 0) is 12.8 Å². The summed E-state index contributed by atoms with van der Waals surface area (Å²) in [6.07, 6.45) is 7.55. The first-order valence-electron chi connectivity index (χ1n) is 3.79. The van der Waals surface area contributed by atoms with E-state index in [-0.39, 0.29) is 0 Å². The van der Waals surface area contributed by atoms with Crippen LogP contribution < -0.4 is 0 Å². The number of thioether (sulfide) groups is 1.